The molecule has 38 heavy (non-hydrogen) atoms. The van der Waals surface area contributed by atoms with Crippen LogP contribution in [0.1, 0.15) is 22.6 Å². The molecule has 2 aromatic carbocycles. The summed E-state index contributed by atoms with van der Waals surface area (Å²) in [5, 5.41) is 11.1. The first kappa shape index (κ1) is 27.5. The lowest BCUT2D eigenvalue weighted by molar-refractivity contribution is -0.384. The summed E-state index contributed by atoms with van der Waals surface area (Å²) in [6.45, 7) is 8.38. The second kappa shape index (κ2) is 13.9. The van der Waals surface area contributed by atoms with Crippen molar-refractivity contribution in [1.29, 1.82) is 0 Å². The highest BCUT2D eigenvalue weighted by atomic mass is 16.6. The number of nitrogens with zero attached hydrogens (tertiary/aromatic N) is 4. The third kappa shape index (κ3) is 8.51. The van der Waals surface area contributed by atoms with E-state index in [1.54, 1.807) is 12.1 Å². The monoisotopic (exact) mass is 520 g/mol. The van der Waals surface area contributed by atoms with Crippen LogP contribution in [0.4, 0.5) is 5.69 Å². The van der Waals surface area contributed by atoms with E-state index in [0.29, 0.717) is 26.2 Å². The summed E-state index contributed by atoms with van der Waals surface area (Å²) in [7, 11) is 0. The molecule has 1 fully saturated rings. The van der Waals surface area contributed by atoms with E-state index in [1.807, 2.05) is 42.2 Å². The van der Waals surface area contributed by atoms with Gasteiger partial charge in [0.25, 0.3) is 5.69 Å². The SMILES string of the molecule is Cc1ccc(CN(CCc2ccccc2)C(=O)CN(CCN2CCOCC2)Cc2ccc([N+](=O)[O-])cc2)o1. The minimum absolute atomic E-state index is 0.0267. The highest BCUT2D eigenvalue weighted by Crippen LogP contribution is 2.15. The predicted molar refractivity (Wildman–Crippen MR) is 145 cm³/mol. The Kier molecular flexibility index (Phi) is 10.0. The number of aryl methyl sites for hydroxylation is 1. The van der Waals surface area contributed by atoms with Gasteiger partial charge in [-0.05, 0) is 36.6 Å². The van der Waals surface area contributed by atoms with Gasteiger partial charge in [0.1, 0.15) is 11.5 Å². The molecule has 9 nitrogen and oxygen atoms in total. The lowest BCUT2D eigenvalue weighted by Gasteiger charge is -2.31. The Hall–Kier alpha value is -3.53. The van der Waals surface area contributed by atoms with Gasteiger partial charge in [-0.3, -0.25) is 24.7 Å². The van der Waals surface area contributed by atoms with E-state index in [-0.39, 0.29) is 18.1 Å². The van der Waals surface area contributed by atoms with Crippen molar-refractivity contribution in [3.05, 3.63) is 99.5 Å². The zero-order valence-electron chi connectivity index (χ0n) is 22.0. The van der Waals surface area contributed by atoms with Gasteiger partial charge >= 0.3 is 0 Å². The Morgan fingerprint density at radius 1 is 0.947 bits per heavy atom. The number of carbonyl (C=O) groups is 1. The number of non-ortho nitro benzene ring substituents is 1. The predicted octanol–water partition coefficient (Wildman–Crippen LogP) is 3.90. The number of benzene rings is 2. The average Bonchev–Trinajstić information content (AvgIpc) is 3.35. The third-order valence-electron chi connectivity index (χ3n) is 6.76. The number of hydrogen-bond donors (Lipinski definition) is 0. The molecule has 9 heteroatoms. The first-order valence-corrected chi connectivity index (χ1v) is 13.1. The molecule has 0 N–H and O–H groups in total. The molecule has 1 aliphatic rings. The summed E-state index contributed by atoms with van der Waals surface area (Å²) in [6, 6.07) is 20.6. The molecule has 0 bridgehead atoms. The number of nitro groups is 1. The van der Waals surface area contributed by atoms with E-state index in [9.17, 15) is 14.9 Å². The summed E-state index contributed by atoms with van der Waals surface area (Å²) < 4.78 is 11.3. The zero-order valence-corrected chi connectivity index (χ0v) is 22.0. The maximum Gasteiger partial charge on any atom is 0.269 e. The number of rotatable bonds is 13. The van der Waals surface area contributed by atoms with Gasteiger partial charge in [0, 0.05) is 51.4 Å². The van der Waals surface area contributed by atoms with Crippen molar-refractivity contribution in [3.63, 3.8) is 0 Å². The molecule has 0 atom stereocenters. The average molecular weight is 521 g/mol. The molecule has 0 unspecified atom stereocenters. The number of furan rings is 1. The van der Waals surface area contributed by atoms with Gasteiger partial charge in [-0.15, -0.1) is 0 Å². The Balaban J connectivity index is 1.46. The van der Waals surface area contributed by atoms with Crippen molar-refractivity contribution in [2.75, 3.05) is 52.5 Å². The quantitative estimate of drug-likeness (QED) is 0.249. The topological polar surface area (TPSA) is 92.3 Å². The van der Waals surface area contributed by atoms with E-state index in [4.69, 9.17) is 9.15 Å². The van der Waals surface area contributed by atoms with Crippen molar-refractivity contribution < 1.29 is 18.9 Å². The van der Waals surface area contributed by atoms with Crippen LogP contribution in [0, 0.1) is 17.0 Å². The van der Waals surface area contributed by atoms with Crippen LogP contribution in [-0.2, 0) is 29.0 Å². The Morgan fingerprint density at radius 2 is 1.68 bits per heavy atom. The first-order chi connectivity index (χ1) is 18.5. The fourth-order valence-electron chi connectivity index (χ4n) is 4.55. The fourth-order valence-corrected chi connectivity index (χ4v) is 4.55. The van der Waals surface area contributed by atoms with E-state index in [0.717, 1.165) is 56.4 Å². The van der Waals surface area contributed by atoms with Gasteiger partial charge in [0.15, 0.2) is 0 Å². The second-order valence-electron chi connectivity index (χ2n) is 9.65. The highest BCUT2D eigenvalue weighted by molar-refractivity contribution is 5.78. The second-order valence-corrected chi connectivity index (χ2v) is 9.65. The van der Waals surface area contributed by atoms with Crippen LogP contribution in [0.15, 0.2) is 71.1 Å². The van der Waals surface area contributed by atoms with Crippen LogP contribution < -0.4 is 0 Å². The van der Waals surface area contributed by atoms with Crippen LogP contribution in [-0.4, -0.2) is 78.0 Å². The minimum Gasteiger partial charge on any atom is -0.464 e. The van der Waals surface area contributed by atoms with Crippen molar-refractivity contribution >= 4 is 11.6 Å². The van der Waals surface area contributed by atoms with Gasteiger partial charge in [-0.1, -0.05) is 42.5 Å². The van der Waals surface area contributed by atoms with Crippen LogP contribution in [0.2, 0.25) is 0 Å². The van der Waals surface area contributed by atoms with Crippen molar-refractivity contribution in [1.82, 2.24) is 14.7 Å². The van der Waals surface area contributed by atoms with Crippen LogP contribution in [0.25, 0.3) is 0 Å². The number of ether oxygens (including phenoxy) is 1. The molecule has 0 radical (unpaired) electrons. The smallest absolute Gasteiger partial charge is 0.269 e. The lowest BCUT2D eigenvalue weighted by atomic mass is 10.1. The molecular formula is C29H36N4O5. The maximum atomic E-state index is 13.7. The molecular weight excluding hydrogens is 484 g/mol. The highest BCUT2D eigenvalue weighted by Gasteiger charge is 2.21. The number of amides is 1. The van der Waals surface area contributed by atoms with E-state index in [2.05, 4.69) is 21.9 Å². The summed E-state index contributed by atoms with van der Waals surface area (Å²) in [5.41, 5.74) is 2.17. The van der Waals surface area contributed by atoms with Gasteiger partial charge in [0.05, 0.1) is 31.2 Å². The van der Waals surface area contributed by atoms with Gasteiger partial charge in [0.2, 0.25) is 5.91 Å². The molecule has 202 valence electrons. The van der Waals surface area contributed by atoms with Gasteiger partial charge < -0.3 is 14.1 Å². The molecule has 1 saturated heterocycles. The lowest BCUT2D eigenvalue weighted by Crippen LogP contribution is -2.45. The maximum absolute atomic E-state index is 13.7. The van der Waals surface area contributed by atoms with E-state index < -0.39 is 4.92 Å². The van der Waals surface area contributed by atoms with Crippen molar-refractivity contribution in [3.8, 4) is 0 Å². The van der Waals surface area contributed by atoms with Gasteiger partial charge in [-0.25, -0.2) is 0 Å². The molecule has 0 spiro atoms. The fraction of sp³-hybridized carbons (Fsp3) is 0.414. The number of morpholine rings is 1. The van der Waals surface area contributed by atoms with E-state index in [1.165, 1.54) is 17.7 Å². The van der Waals surface area contributed by atoms with E-state index >= 15 is 0 Å². The molecule has 1 amide bonds. The number of hydrogen-bond acceptors (Lipinski definition) is 7. The summed E-state index contributed by atoms with van der Waals surface area (Å²) in [6.07, 6.45) is 0.752. The standard InChI is InChI=1S/C29H36N4O5/c1-24-7-12-28(38-24)22-32(14-13-25-5-3-2-4-6-25)29(34)23-31(16-15-30-17-19-37-20-18-30)21-26-8-10-27(11-9-26)33(35)36/h2-12H,13-23H2,1H3. The Bertz CT molecular complexity index is 1160. The van der Waals surface area contributed by atoms with Crippen LogP contribution in [0.5, 0.6) is 0 Å². The molecule has 0 aliphatic carbocycles. The molecule has 3 aromatic rings. The Morgan fingerprint density at radius 3 is 2.34 bits per heavy atom. The van der Waals surface area contributed by atoms with Crippen LogP contribution >= 0.6 is 0 Å². The van der Waals surface area contributed by atoms with Crippen molar-refractivity contribution in [2.24, 2.45) is 0 Å². The number of nitro benzene ring substituents is 1. The molecule has 2 heterocycles. The Labute approximate surface area is 223 Å². The minimum atomic E-state index is -0.398. The first-order valence-electron chi connectivity index (χ1n) is 13.1. The van der Waals surface area contributed by atoms with Crippen LogP contribution in [0.3, 0.4) is 0 Å². The summed E-state index contributed by atoms with van der Waals surface area (Å²) >= 11 is 0. The molecule has 0 saturated carbocycles. The molecule has 1 aromatic heterocycles. The third-order valence-corrected chi connectivity index (χ3v) is 6.76. The summed E-state index contributed by atoms with van der Waals surface area (Å²) in [4.78, 5) is 30.7. The largest absolute Gasteiger partial charge is 0.464 e. The van der Waals surface area contributed by atoms with Gasteiger partial charge in [-0.2, -0.15) is 0 Å². The molecule has 4 rings (SSSR count). The molecule has 1 aliphatic heterocycles. The zero-order chi connectivity index (χ0) is 26.7. The normalized spacial score (nSPS) is 14.1. The number of carbonyl (C=O) groups excluding carboxylic acids is 1. The van der Waals surface area contributed by atoms with Crippen molar-refractivity contribution in [2.45, 2.75) is 26.4 Å². The summed E-state index contributed by atoms with van der Waals surface area (Å²) in [5.74, 6) is 1.61.